The third-order valence-electron chi connectivity index (χ3n) is 12.8. The van der Waals surface area contributed by atoms with E-state index < -0.39 is 67.4 Å². The highest BCUT2D eigenvalue weighted by atomic mass is 35.5. The molecular weight excluding hydrogens is 814 g/mol. The van der Waals surface area contributed by atoms with Crippen LogP contribution in [0.25, 0.3) is 0 Å². The second-order valence-corrected chi connectivity index (χ2v) is 24.5. The fourth-order valence-corrected chi connectivity index (χ4v) is 11.0. The second-order valence-electron chi connectivity index (χ2n) is 17.9. The first-order chi connectivity index (χ1) is 26.6. The number of halogens is 4. The summed E-state index contributed by atoms with van der Waals surface area (Å²) in [4.78, 5) is 58.4. The topological polar surface area (TPSA) is 119 Å². The average Bonchev–Trinajstić information content (AvgIpc) is 3.47. The number of amidine groups is 1. The highest BCUT2D eigenvalue weighted by molar-refractivity contribution is 8.18. The number of likely N-dealkylation sites (tertiary alicyclic amines) is 1. The van der Waals surface area contributed by atoms with Crippen molar-refractivity contribution >= 4 is 66.4 Å². The van der Waals surface area contributed by atoms with Gasteiger partial charge in [-0.15, -0.1) is 0 Å². The van der Waals surface area contributed by atoms with Crippen molar-refractivity contribution in [2.24, 2.45) is 10.9 Å². The van der Waals surface area contributed by atoms with E-state index in [0.29, 0.717) is 39.3 Å². The second kappa shape index (κ2) is 14.8. The monoisotopic (exact) mass is 862 g/mol. The molecule has 5 atom stereocenters. The SMILES string of the molecule is CC(C)C1=C(C(=O)N2C[C@H](F)C[C@@H]2C(=O)N2CC3(CC3)N(C(=O)O)C[C@@H]2CO[Si](C)(C)C(C)(C)C)SC2=N[C@@](C)(c3ccc(Cl)nc3)[C@@H](c3ccc(Cl)c(F)c3)N21. The van der Waals surface area contributed by atoms with Crippen LogP contribution in [0.15, 0.2) is 52.1 Å². The van der Waals surface area contributed by atoms with E-state index in [9.17, 15) is 19.5 Å². The van der Waals surface area contributed by atoms with Crippen LogP contribution in [0.4, 0.5) is 13.6 Å². The molecular formula is C40H50Cl2F2N6O5SSi. The number of rotatable bonds is 8. The van der Waals surface area contributed by atoms with E-state index in [-0.39, 0.29) is 48.6 Å². The maximum Gasteiger partial charge on any atom is 0.407 e. The quantitative estimate of drug-likeness (QED) is 0.208. The Balaban J connectivity index is 1.23. The van der Waals surface area contributed by atoms with Crippen molar-refractivity contribution in [1.29, 1.82) is 0 Å². The standard InChI is InChI=1S/C40H50Cl2F2N6O5SSi/c1-22(2)31-32(56-36-46-39(6,24-10-12-30(42)45-17-24)33(50(31)36)23-9-11-27(41)28(44)15-23)35(52)47-18-25(43)16-29(47)34(51)48-21-40(13-14-40)49(37(53)54)19-26(48)20-55-57(7,8)38(3,4)5/h9-12,15,17,22,25-26,29,33H,13-14,16,18-21H2,1-8H3,(H,53,54)/t25-,26-,29-,33-,39+/m1/s1. The Hall–Kier alpha value is -3.24. The van der Waals surface area contributed by atoms with Crippen molar-refractivity contribution in [3.63, 3.8) is 0 Å². The number of benzene rings is 1. The largest absolute Gasteiger partial charge is 0.465 e. The first-order valence-electron chi connectivity index (χ1n) is 19.4. The van der Waals surface area contributed by atoms with Crippen molar-refractivity contribution < 1.29 is 32.7 Å². The van der Waals surface area contributed by atoms with Gasteiger partial charge in [-0.3, -0.25) is 14.5 Å². The highest BCUT2D eigenvalue weighted by Crippen LogP contribution is 2.57. The maximum atomic E-state index is 15.6. The number of fused-ring (bicyclic) bond motifs is 1. The molecule has 5 heterocycles. The zero-order valence-electron chi connectivity index (χ0n) is 33.5. The van der Waals surface area contributed by atoms with Crippen LogP contribution >= 0.6 is 35.0 Å². The Labute approximate surface area is 347 Å². The van der Waals surface area contributed by atoms with Crippen LogP contribution in [0.3, 0.4) is 0 Å². The Morgan fingerprint density at radius 3 is 2.39 bits per heavy atom. The van der Waals surface area contributed by atoms with Gasteiger partial charge in [-0.2, -0.15) is 0 Å². The smallest absolute Gasteiger partial charge is 0.407 e. The minimum atomic E-state index is -2.30. The van der Waals surface area contributed by atoms with E-state index in [1.165, 1.54) is 21.9 Å². The molecule has 2 aromatic rings. The summed E-state index contributed by atoms with van der Waals surface area (Å²) in [7, 11) is -2.30. The molecule has 2 saturated heterocycles. The third kappa shape index (κ3) is 7.37. The molecule has 57 heavy (non-hydrogen) atoms. The van der Waals surface area contributed by atoms with Crippen LogP contribution in [-0.2, 0) is 19.6 Å². The molecule has 1 aromatic heterocycles. The molecule has 0 unspecified atom stereocenters. The van der Waals surface area contributed by atoms with E-state index in [1.54, 1.807) is 23.2 Å². The number of aliphatic imine (C=N–C) groups is 1. The molecule has 5 aliphatic rings. The molecule has 1 spiro atoms. The van der Waals surface area contributed by atoms with E-state index in [0.717, 1.165) is 17.3 Å². The molecule has 7 rings (SSSR count). The Morgan fingerprint density at radius 2 is 1.81 bits per heavy atom. The molecule has 0 radical (unpaired) electrons. The van der Waals surface area contributed by atoms with Gasteiger partial charge < -0.3 is 24.2 Å². The lowest BCUT2D eigenvalue weighted by Crippen LogP contribution is -2.66. The lowest BCUT2D eigenvalue weighted by molar-refractivity contribution is -0.148. The van der Waals surface area contributed by atoms with Crippen LogP contribution < -0.4 is 0 Å². The maximum absolute atomic E-state index is 15.6. The highest BCUT2D eigenvalue weighted by Gasteiger charge is 2.59. The van der Waals surface area contributed by atoms with Gasteiger partial charge in [0.05, 0.1) is 35.8 Å². The van der Waals surface area contributed by atoms with Gasteiger partial charge in [-0.05, 0) is 79.3 Å². The summed E-state index contributed by atoms with van der Waals surface area (Å²) in [6.07, 6.45) is 0.188. The number of carboxylic acid groups (broad SMARTS) is 1. The molecule has 1 aliphatic carbocycles. The molecule has 1 N–H and O–H groups in total. The van der Waals surface area contributed by atoms with Crippen molar-refractivity contribution in [3.05, 3.63) is 74.3 Å². The predicted octanol–water partition coefficient (Wildman–Crippen LogP) is 8.45. The Morgan fingerprint density at radius 1 is 1.11 bits per heavy atom. The van der Waals surface area contributed by atoms with Crippen LogP contribution in [0.5, 0.6) is 0 Å². The van der Waals surface area contributed by atoms with Crippen LogP contribution in [0, 0.1) is 11.7 Å². The summed E-state index contributed by atoms with van der Waals surface area (Å²) in [6, 6.07) is 5.74. The third-order valence-corrected chi connectivity index (χ3v) is 18.9. The van der Waals surface area contributed by atoms with E-state index >= 15 is 8.78 Å². The number of hydrogen-bond acceptors (Lipinski definition) is 8. The number of carbonyl (C=O) groups is 3. The Kier molecular flexibility index (Phi) is 10.9. The Bertz CT molecular complexity index is 2050. The summed E-state index contributed by atoms with van der Waals surface area (Å²) in [5.41, 5.74) is 0.204. The van der Waals surface area contributed by atoms with Gasteiger partial charge >= 0.3 is 6.09 Å². The molecule has 3 fully saturated rings. The molecule has 4 aliphatic heterocycles. The lowest BCUT2D eigenvalue weighted by atomic mass is 9.81. The number of nitrogens with zero attached hydrogens (tertiary/aromatic N) is 6. The van der Waals surface area contributed by atoms with Gasteiger partial charge in [-0.1, -0.05) is 70.0 Å². The molecule has 0 bridgehead atoms. The van der Waals surface area contributed by atoms with Gasteiger partial charge in [0.2, 0.25) is 5.91 Å². The molecule has 1 aromatic carbocycles. The van der Waals surface area contributed by atoms with E-state index in [2.05, 4.69) is 38.8 Å². The van der Waals surface area contributed by atoms with E-state index in [1.807, 2.05) is 31.7 Å². The summed E-state index contributed by atoms with van der Waals surface area (Å²) in [5, 5.41) is 10.8. The van der Waals surface area contributed by atoms with Crippen LogP contribution in [0.1, 0.15) is 78.0 Å². The number of hydrogen-bond donors (Lipinski definition) is 1. The predicted molar refractivity (Wildman–Crippen MR) is 220 cm³/mol. The fourth-order valence-electron chi connectivity index (χ4n) is 8.36. The van der Waals surface area contributed by atoms with Gasteiger partial charge in [0, 0.05) is 37.0 Å². The molecule has 11 nitrogen and oxygen atoms in total. The van der Waals surface area contributed by atoms with Crippen molar-refractivity contribution in [1.82, 2.24) is 24.6 Å². The fraction of sp³-hybridized carbons (Fsp3) is 0.575. The van der Waals surface area contributed by atoms with Gasteiger partial charge in [0.1, 0.15) is 33.6 Å². The van der Waals surface area contributed by atoms with Crippen molar-refractivity contribution in [3.8, 4) is 0 Å². The number of amides is 3. The number of piperazine rings is 1. The molecule has 308 valence electrons. The lowest BCUT2D eigenvalue weighted by Gasteiger charge is -2.48. The summed E-state index contributed by atoms with van der Waals surface area (Å²) >= 11 is 13.5. The van der Waals surface area contributed by atoms with Gasteiger partial charge in [0.25, 0.3) is 5.91 Å². The summed E-state index contributed by atoms with van der Waals surface area (Å²) < 4.78 is 37.4. The number of pyridine rings is 1. The first kappa shape index (κ1) is 41.9. The molecule has 3 amide bonds. The van der Waals surface area contributed by atoms with Gasteiger partial charge in [-0.25, -0.2) is 23.6 Å². The number of alkyl halides is 1. The average molecular weight is 864 g/mol. The van der Waals surface area contributed by atoms with Crippen molar-refractivity contribution in [2.45, 2.75) is 114 Å². The number of carbonyl (C=O) groups excluding carboxylic acids is 2. The van der Waals surface area contributed by atoms with Gasteiger partial charge in [0.15, 0.2) is 13.5 Å². The van der Waals surface area contributed by atoms with Crippen molar-refractivity contribution in [2.75, 3.05) is 26.2 Å². The summed E-state index contributed by atoms with van der Waals surface area (Å²) in [6.45, 7) is 16.4. The normalized spacial score (nSPS) is 27.1. The summed E-state index contributed by atoms with van der Waals surface area (Å²) in [5.74, 6) is -1.75. The minimum absolute atomic E-state index is 0.0321. The van der Waals surface area contributed by atoms with E-state index in [4.69, 9.17) is 32.6 Å². The zero-order chi connectivity index (χ0) is 41.6. The number of allylic oxidation sites excluding steroid dienone is 1. The first-order valence-corrected chi connectivity index (χ1v) is 23.8. The van der Waals surface area contributed by atoms with Crippen LogP contribution in [-0.4, -0.2) is 111 Å². The molecule has 17 heteroatoms. The molecule has 1 saturated carbocycles. The number of aromatic nitrogens is 1. The zero-order valence-corrected chi connectivity index (χ0v) is 36.8. The number of thioether (sulfide) groups is 1. The minimum Gasteiger partial charge on any atom is -0.465 e. The van der Waals surface area contributed by atoms with Crippen LogP contribution in [0.2, 0.25) is 28.3 Å².